The Bertz CT molecular complexity index is 346. The van der Waals surface area contributed by atoms with Crippen molar-refractivity contribution >= 4 is 0 Å². The van der Waals surface area contributed by atoms with Gasteiger partial charge in [-0.15, -0.1) is 0 Å². The zero-order chi connectivity index (χ0) is 9.31. The van der Waals surface area contributed by atoms with Gasteiger partial charge in [0.25, 0.3) is 0 Å². The van der Waals surface area contributed by atoms with Gasteiger partial charge >= 0.3 is 0 Å². The van der Waals surface area contributed by atoms with E-state index in [1.807, 2.05) is 6.07 Å². The predicted octanol–water partition coefficient (Wildman–Crippen LogP) is 0.755. The molecule has 70 valence electrons. The molecule has 0 atom stereocenters. The van der Waals surface area contributed by atoms with Crippen LogP contribution in [0.1, 0.15) is 24.8 Å². The summed E-state index contributed by atoms with van der Waals surface area (Å²) in [5.74, 6) is 0. The van der Waals surface area contributed by atoms with Crippen molar-refractivity contribution in [3.8, 4) is 0 Å². The van der Waals surface area contributed by atoms with Crippen LogP contribution in [0, 0.1) is 0 Å². The van der Waals surface area contributed by atoms with Crippen molar-refractivity contribution in [2.75, 3.05) is 6.54 Å². The van der Waals surface area contributed by atoms with E-state index in [0.29, 0.717) is 6.54 Å². The highest BCUT2D eigenvalue weighted by Crippen LogP contribution is 2.42. The molecule has 0 aliphatic heterocycles. The first-order valence-electron chi connectivity index (χ1n) is 4.66. The minimum atomic E-state index is -0.0303. The molecule has 0 aromatic carbocycles. The summed E-state index contributed by atoms with van der Waals surface area (Å²) in [6, 6.07) is 3.64. The van der Waals surface area contributed by atoms with Crippen LogP contribution >= 0.6 is 0 Å². The fraction of sp³-hybridized carbons (Fsp3) is 0.500. The molecule has 1 heterocycles. The lowest BCUT2D eigenvalue weighted by atomic mass is 9.65. The smallest absolute Gasteiger partial charge is 0.248 e. The summed E-state index contributed by atoms with van der Waals surface area (Å²) >= 11 is 0. The van der Waals surface area contributed by atoms with Crippen molar-refractivity contribution in [1.82, 2.24) is 4.98 Å². The van der Waals surface area contributed by atoms with Gasteiger partial charge in [0.15, 0.2) is 0 Å². The largest absolute Gasteiger partial charge is 0.330 e. The number of rotatable bonds is 2. The average molecular weight is 178 g/mol. The molecule has 1 aliphatic rings. The van der Waals surface area contributed by atoms with Gasteiger partial charge in [0.05, 0.1) is 0 Å². The van der Waals surface area contributed by atoms with Crippen LogP contribution < -0.4 is 11.3 Å². The third kappa shape index (κ3) is 1.29. The highest BCUT2D eigenvalue weighted by Gasteiger charge is 2.37. The molecular formula is C10H14N2O. The lowest BCUT2D eigenvalue weighted by Gasteiger charge is -2.41. The Hall–Kier alpha value is -1.09. The molecule has 1 aromatic heterocycles. The Labute approximate surface area is 77.0 Å². The summed E-state index contributed by atoms with van der Waals surface area (Å²) in [6.45, 7) is 0.649. The van der Waals surface area contributed by atoms with E-state index in [1.165, 1.54) is 6.42 Å². The molecule has 0 bridgehead atoms. The first-order chi connectivity index (χ1) is 6.27. The van der Waals surface area contributed by atoms with E-state index in [9.17, 15) is 4.79 Å². The first-order valence-corrected chi connectivity index (χ1v) is 4.66. The number of hydrogen-bond donors (Lipinski definition) is 2. The van der Waals surface area contributed by atoms with Gasteiger partial charge in [0.2, 0.25) is 5.56 Å². The van der Waals surface area contributed by atoms with Crippen molar-refractivity contribution in [2.45, 2.75) is 24.7 Å². The lowest BCUT2D eigenvalue weighted by molar-refractivity contribution is 0.252. The van der Waals surface area contributed by atoms with E-state index in [1.54, 1.807) is 12.3 Å². The molecule has 1 aliphatic carbocycles. The van der Waals surface area contributed by atoms with Gasteiger partial charge in [-0.3, -0.25) is 4.79 Å². The molecule has 0 amide bonds. The maximum atomic E-state index is 11.1. The summed E-state index contributed by atoms with van der Waals surface area (Å²) in [7, 11) is 0. The number of nitrogens with two attached hydrogens (primary N) is 1. The number of nitrogens with one attached hydrogen (secondary N) is 1. The standard InChI is InChI=1S/C10H14N2O/c11-7-10(3-1-4-10)8-2-5-12-9(13)6-8/h2,5-6H,1,3-4,7,11H2,(H,12,13). The molecule has 1 saturated carbocycles. The summed E-state index contributed by atoms with van der Waals surface area (Å²) in [5.41, 5.74) is 6.92. The SMILES string of the molecule is NCC1(c2cc[nH]c(=O)c2)CCC1. The normalized spacial score (nSPS) is 19.5. The van der Waals surface area contributed by atoms with E-state index in [-0.39, 0.29) is 11.0 Å². The van der Waals surface area contributed by atoms with Crippen LogP contribution in [-0.4, -0.2) is 11.5 Å². The average Bonchev–Trinajstić information content (AvgIpc) is 2.03. The summed E-state index contributed by atoms with van der Waals surface area (Å²) in [4.78, 5) is 13.7. The molecule has 0 unspecified atom stereocenters. The molecule has 13 heavy (non-hydrogen) atoms. The highest BCUT2D eigenvalue weighted by molar-refractivity contribution is 5.26. The molecule has 3 N–H and O–H groups in total. The summed E-state index contributed by atoms with van der Waals surface area (Å²) in [5, 5.41) is 0. The minimum absolute atomic E-state index is 0.0303. The van der Waals surface area contributed by atoms with Crippen LogP contribution in [0.5, 0.6) is 0 Å². The maximum Gasteiger partial charge on any atom is 0.248 e. The van der Waals surface area contributed by atoms with Crippen LogP contribution in [0.2, 0.25) is 0 Å². The monoisotopic (exact) mass is 178 g/mol. The van der Waals surface area contributed by atoms with Crippen molar-refractivity contribution in [3.05, 3.63) is 34.2 Å². The Morgan fingerprint density at radius 2 is 2.31 bits per heavy atom. The van der Waals surface area contributed by atoms with E-state index in [2.05, 4.69) is 4.98 Å². The summed E-state index contributed by atoms with van der Waals surface area (Å²) < 4.78 is 0. The van der Waals surface area contributed by atoms with Crippen LogP contribution in [0.15, 0.2) is 23.1 Å². The molecule has 0 spiro atoms. The Morgan fingerprint density at radius 3 is 2.77 bits per heavy atom. The van der Waals surface area contributed by atoms with Crippen molar-refractivity contribution in [3.63, 3.8) is 0 Å². The van der Waals surface area contributed by atoms with Crippen LogP contribution in [0.4, 0.5) is 0 Å². The Balaban J connectivity index is 2.38. The van der Waals surface area contributed by atoms with Gasteiger partial charge in [-0.05, 0) is 24.5 Å². The zero-order valence-electron chi connectivity index (χ0n) is 7.55. The number of pyridine rings is 1. The van der Waals surface area contributed by atoms with E-state index < -0.39 is 0 Å². The molecule has 3 nitrogen and oxygen atoms in total. The second-order valence-electron chi connectivity index (χ2n) is 3.78. The quantitative estimate of drug-likeness (QED) is 0.702. The molecular weight excluding hydrogens is 164 g/mol. The van der Waals surface area contributed by atoms with Crippen molar-refractivity contribution in [2.24, 2.45) is 5.73 Å². The molecule has 3 heteroatoms. The number of hydrogen-bond acceptors (Lipinski definition) is 2. The predicted molar refractivity (Wildman–Crippen MR) is 51.6 cm³/mol. The summed E-state index contributed by atoms with van der Waals surface area (Å²) in [6.07, 6.45) is 5.16. The molecule has 1 fully saturated rings. The maximum absolute atomic E-state index is 11.1. The highest BCUT2D eigenvalue weighted by atomic mass is 16.1. The fourth-order valence-corrected chi connectivity index (χ4v) is 1.99. The van der Waals surface area contributed by atoms with Gasteiger partial charge < -0.3 is 10.7 Å². The van der Waals surface area contributed by atoms with E-state index in [4.69, 9.17) is 5.73 Å². The van der Waals surface area contributed by atoms with Crippen LogP contribution in [-0.2, 0) is 5.41 Å². The topological polar surface area (TPSA) is 58.9 Å². The zero-order valence-corrected chi connectivity index (χ0v) is 7.55. The van der Waals surface area contributed by atoms with Gasteiger partial charge in [0.1, 0.15) is 0 Å². The van der Waals surface area contributed by atoms with Crippen LogP contribution in [0.3, 0.4) is 0 Å². The van der Waals surface area contributed by atoms with Crippen LogP contribution in [0.25, 0.3) is 0 Å². The number of aromatic amines is 1. The Morgan fingerprint density at radius 1 is 1.54 bits per heavy atom. The minimum Gasteiger partial charge on any atom is -0.330 e. The first kappa shape index (κ1) is 8.51. The molecule has 0 saturated heterocycles. The molecule has 0 radical (unpaired) electrons. The lowest BCUT2D eigenvalue weighted by Crippen LogP contribution is -2.42. The van der Waals surface area contributed by atoms with Gasteiger partial charge in [-0.1, -0.05) is 6.42 Å². The second-order valence-corrected chi connectivity index (χ2v) is 3.78. The third-order valence-corrected chi connectivity index (χ3v) is 3.09. The third-order valence-electron chi connectivity index (χ3n) is 3.09. The van der Waals surface area contributed by atoms with E-state index >= 15 is 0 Å². The van der Waals surface area contributed by atoms with Crippen molar-refractivity contribution < 1.29 is 0 Å². The second kappa shape index (κ2) is 3.00. The molecule has 2 rings (SSSR count). The number of aromatic nitrogens is 1. The van der Waals surface area contributed by atoms with E-state index in [0.717, 1.165) is 18.4 Å². The fourth-order valence-electron chi connectivity index (χ4n) is 1.99. The van der Waals surface area contributed by atoms with Gasteiger partial charge in [0, 0.05) is 24.2 Å². The number of H-pyrrole nitrogens is 1. The Kier molecular flexibility index (Phi) is 1.96. The van der Waals surface area contributed by atoms with Gasteiger partial charge in [-0.25, -0.2) is 0 Å². The van der Waals surface area contributed by atoms with Crippen molar-refractivity contribution in [1.29, 1.82) is 0 Å². The van der Waals surface area contributed by atoms with Gasteiger partial charge in [-0.2, -0.15) is 0 Å². The molecule has 1 aromatic rings.